The Kier molecular flexibility index (Phi) is 7.51. The van der Waals surface area contributed by atoms with Crippen LogP contribution in [0.15, 0.2) is 51.1 Å². The van der Waals surface area contributed by atoms with Crippen molar-refractivity contribution in [3.63, 3.8) is 0 Å². The number of methoxy groups -OCH3 is 1. The molecule has 1 N–H and O–H groups in total. The van der Waals surface area contributed by atoms with Crippen molar-refractivity contribution in [3.05, 3.63) is 48.0 Å². The van der Waals surface area contributed by atoms with Crippen LogP contribution in [0.3, 0.4) is 0 Å². The SMILES string of the molecule is COC[C@@H](C)NC(=O)CSc1nnc(SCc2cccc3ccccc23)s1. The second kappa shape index (κ2) is 10.1. The Bertz CT molecular complexity index is 895. The van der Waals surface area contributed by atoms with Gasteiger partial charge in [-0.2, -0.15) is 0 Å². The fraction of sp³-hybridized carbons (Fsp3) is 0.316. The van der Waals surface area contributed by atoms with Gasteiger partial charge in [-0.15, -0.1) is 10.2 Å². The molecule has 0 fully saturated rings. The number of fused-ring (bicyclic) bond motifs is 1. The summed E-state index contributed by atoms with van der Waals surface area (Å²) in [6.07, 6.45) is 0. The number of benzene rings is 2. The molecule has 0 aliphatic carbocycles. The minimum absolute atomic E-state index is 0.00401. The van der Waals surface area contributed by atoms with E-state index >= 15 is 0 Å². The van der Waals surface area contributed by atoms with Crippen molar-refractivity contribution in [3.8, 4) is 0 Å². The van der Waals surface area contributed by atoms with E-state index in [1.807, 2.05) is 6.92 Å². The van der Waals surface area contributed by atoms with Gasteiger partial charge in [0.05, 0.1) is 12.4 Å². The molecular weight excluding hydrogens is 398 g/mol. The maximum atomic E-state index is 11.9. The lowest BCUT2D eigenvalue weighted by atomic mass is 10.1. The van der Waals surface area contributed by atoms with E-state index in [1.54, 1.807) is 18.9 Å². The van der Waals surface area contributed by atoms with Gasteiger partial charge in [-0.25, -0.2) is 0 Å². The van der Waals surface area contributed by atoms with E-state index < -0.39 is 0 Å². The fourth-order valence-electron chi connectivity index (χ4n) is 2.61. The molecule has 0 spiro atoms. The van der Waals surface area contributed by atoms with Crippen molar-refractivity contribution in [1.82, 2.24) is 15.5 Å². The van der Waals surface area contributed by atoms with E-state index in [-0.39, 0.29) is 11.9 Å². The average Bonchev–Trinajstić information content (AvgIpc) is 3.13. The van der Waals surface area contributed by atoms with E-state index in [2.05, 4.69) is 58.0 Å². The Hall–Kier alpha value is -1.61. The van der Waals surface area contributed by atoms with Gasteiger partial charge in [0.25, 0.3) is 0 Å². The summed E-state index contributed by atoms with van der Waals surface area (Å²) in [5.41, 5.74) is 1.29. The second-order valence-electron chi connectivity index (χ2n) is 5.97. The Balaban J connectivity index is 1.51. The molecule has 0 radical (unpaired) electrons. The Labute approximate surface area is 171 Å². The minimum Gasteiger partial charge on any atom is -0.383 e. The van der Waals surface area contributed by atoms with Crippen LogP contribution < -0.4 is 5.32 Å². The molecule has 1 atom stereocenters. The quantitative estimate of drug-likeness (QED) is 0.524. The predicted octanol–water partition coefficient (Wildman–Crippen LogP) is 4.23. The molecule has 142 valence electrons. The molecule has 0 aliphatic heterocycles. The number of hydrogen-bond acceptors (Lipinski definition) is 7. The molecule has 3 rings (SSSR count). The van der Waals surface area contributed by atoms with Gasteiger partial charge in [-0.1, -0.05) is 77.3 Å². The van der Waals surface area contributed by atoms with Gasteiger partial charge in [0, 0.05) is 18.9 Å². The van der Waals surface area contributed by atoms with Gasteiger partial charge >= 0.3 is 0 Å². The van der Waals surface area contributed by atoms with Crippen LogP contribution >= 0.6 is 34.9 Å². The number of amides is 1. The molecule has 0 saturated heterocycles. The topological polar surface area (TPSA) is 64.1 Å². The minimum atomic E-state index is -0.0234. The summed E-state index contributed by atoms with van der Waals surface area (Å²) in [7, 11) is 1.62. The van der Waals surface area contributed by atoms with Crippen molar-refractivity contribution >= 4 is 51.5 Å². The van der Waals surface area contributed by atoms with E-state index in [1.165, 1.54) is 39.4 Å². The molecule has 1 amide bonds. The van der Waals surface area contributed by atoms with Crippen molar-refractivity contribution in [2.45, 2.75) is 27.4 Å². The highest BCUT2D eigenvalue weighted by Gasteiger charge is 2.11. The first-order valence-corrected chi connectivity index (χ1v) is 11.3. The van der Waals surface area contributed by atoms with Gasteiger partial charge in [0.2, 0.25) is 5.91 Å². The number of hydrogen-bond donors (Lipinski definition) is 1. The van der Waals surface area contributed by atoms with E-state index in [9.17, 15) is 4.79 Å². The lowest BCUT2D eigenvalue weighted by molar-refractivity contribution is -0.119. The van der Waals surface area contributed by atoms with Gasteiger partial charge < -0.3 is 10.1 Å². The van der Waals surface area contributed by atoms with Gasteiger partial charge in [0.1, 0.15) is 0 Å². The Morgan fingerprint density at radius 2 is 1.89 bits per heavy atom. The summed E-state index contributed by atoms with van der Waals surface area (Å²) in [4.78, 5) is 11.9. The van der Waals surface area contributed by atoms with E-state index in [0.717, 1.165) is 14.4 Å². The molecule has 0 bridgehead atoms. The number of thioether (sulfide) groups is 2. The van der Waals surface area contributed by atoms with Crippen molar-refractivity contribution in [2.24, 2.45) is 0 Å². The molecule has 0 unspecified atom stereocenters. The highest BCUT2D eigenvalue weighted by molar-refractivity contribution is 8.03. The van der Waals surface area contributed by atoms with Crippen LogP contribution in [0.5, 0.6) is 0 Å². The molecule has 0 saturated carbocycles. The van der Waals surface area contributed by atoms with Crippen molar-refractivity contribution < 1.29 is 9.53 Å². The lowest BCUT2D eigenvalue weighted by Gasteiger charge is -2.11. The largest absolute Gasteiger partial charge is 0.383 e. The third-order valence-electron chi connectivity index (χ3n) is 3.77. The predicted molar refractivity (Wildman–Crippen MR) is 114 cm³/mol. The number of ether oxygens (including phenoxy) is 1. The molecule has 3 aromatic rings. The first kappa shape index (κ1) is 20.1. The third-order valence-corrected chi connectivity index (χ3v) is 7.01. The molecule has 5 nitrogen and oxygen atoms in total. The summed E-state index contributed by atoms with van der Waals surface area (Å²) in [6, 6.07) is 14.8. The second-order valence-corrected chi connectivity index (χ2v) is 9.40. The first-order valence-electron chi connectivity index (χ1n) is 8.49. The molecule has 2 aromatic carbocycles. The summed E-state index contributed by atoms with van der Waals surface area (Å²) in [6.45, 7) is 2.42. The zero-order chi connectivity index (χ0) is 19.1. The number of nitrogens with one attached hydrogen (secondary N) is 1. The van der Waals surface area contributed by atoms with E-state index in [4.69, 9.17) is 4.74 Å². The zero-order valence-corrected chi connectivity index (χ0v) is 17.6. The van der Waals surface area contributed by atoms with Crippen LogP contribution in [0, 0.1) is 0 Å². The van der Waals surface area contributed by atoms with Crippen molar-refractivity contribution in [1.29, 1.82) is 0 Å². The smallest absolute Gasteiger partial charge is 0.230 e. The third kappa shape index (κ3) is 5.93. The van der Waals surface area contributed by atoms with Crippen LogP contribution in [0.4, 0.5) is 0 Å². The average molecular weight is 420 g/mol. The summed E-state index contributed by atoms with van der Waals surface area (Å²) >= 11 is 4.62. The lowest BCUT2D eigenvalue weighted by Crippen LogP contribution is -2.36. The van der Waals surface area contributed by atoms with Gasteiger partial charge in [0.15, 0.2) is 8.68 Å². The number of carbonyl (C=O) groups excluding carboxylic acids is 1. The van der Waals surface area contributed by atoms with Crippen LogP contribution in [0.25, 0.3) is 10.8 Å². The van der Waals surface area contributed by atoms with Gasteiger partial charge in [-0.3, -0.25) is 4.79 Å². The first-order chi connectivity index (χ1) is 13.2. The highest BCUT2D eigenvalue weighted by atomic mass is 32.2. The monoisotopic (exact) mass is 419 g/mol. The van der Waals surface area contributed by atoms with Crippen LogP contribution in [-0.4, -0.2) is 41.6 Å². The summed E-state index contributed by atoms with van der Waals surface area (Å²) in [5.74, 6) is 1.15. The fourth-order valence-corrected chi connectivity index (χ4v) is 5.44. The summed E-state index contributed by atoms with van der Waals surface area (Å²) < 4.78 is 6.74. The maximum Gasteiger partial charge on any atom is 0.230 e. The number of aromatic nitrogens is 2. The maximum absolute atomic E-state index is 11.9. The number of carbonyl (C=O) groups is 1. The standard InChI is InChI=1S/C19H21N3O2S3/c1-13(10-24-2)20-17(23)12-26-19-22-21-18(27-19)25-11-15-8-5-7-14-6-3-4-9-16(14)15/h3-9,13H,10-12H2,1-2H3,(H,20,23)/t13-/m1/s1. The van der Waals surface area contributed by atoms with Crippen LogP contribution in [0.1, 0.15) is 12.5 Å². The van der Waals surface area contributed by atoms with E-state index in [0.29, 0.717) is 12.4 Å². The summed E-state index contributed by atoms with van der Waals surface area (Å²) in [5, 5.41) is 13.8. The van der Waals surface area contributed by atoms with Crippen LogP contribution in [-0.2, 0) is 15.3 Å². The highest BCUT2D eigenvalue weighted by Crippen LogP contribution is 2.32. The molecule has 1 aromatic heterocycles. The van der Waals surface area contributed by atoms with Gasteiger partial charge in [-0.05, 0) is 23.3 Å². The zero-order valence-electron chi connectivity index (χ0n) is 15.2. The van der Waals surface area contributed by atoms with Crippen LogP contribution in [0.2, 0.25) is 0 Å². The molecule has 8 heteroatoms. The van der Waals surface area contributed by atoms with Crippen molar-refractivity contribution in [2.75, 3.05) is 19.5 Å². The normalized spacial score (nSPS) is 12.2. The molecule has 0 aliphatic rings. The number of nitrogens with zero attached hydrogens (tertiary/aromatic N) is 2. The molecule has 1 heterocycles. The Morgan fingerprint density at radius 1 is 1.15 bits per heavy atom. The Morgan fingerprint density at radius 3 is 2.70 bits per heavy atom. The number of rotatable bonds is 9. The molecular formula is C19H21N3O2S3. The molecule has 27 heavy (non-hydrogen) atoms.